The molecule has 0 bridgehead atoms. The number of unbranched alkanes of at least 4 members (excludes halogenated alkanes) is 2. The number of hydrogen-bond donors (Lipinski definition) is 2. The van der Waals surface area contributed by atoms with Crippen molar-refractivity contribution >= 4 is 22.6 Å². The van der Waals surface area contributed by atoms with Crippen molar-refractivity contribution in [3.8, 4) is 17.1 Å². The Hall–Kier alpha value is -4.05. The van der Waals surface area contributed by atoms with Crippen molar-refractivity contribution in [3.05, 3.63) is 60.7 Å². The number of aromatic amines is 1. The van der Waals surface area contributed by atoms with Crippen LogP contribution in [0.15, 0.2) is 53.4 Å². The molecule has 0 saturated heterocycles. The number of fused-ring (bicyclic) bond motifs is 1. The molecule has 39 heavy (non-hydrogen) atoms. The van der Waals surface area contributed by atoms with Crippen molar-refractivity contribution in [2.45, 2.75) is 52.0 Å². The van der Waals surface area contributed by atoms with Crippen molar-refractivity contribution in [1.29, 1.82) is 0 Å². The summed E-state index contributed by atoms with van der Waals surface area (Å²) >= 11 is 0. The van der Waals surface area contributed by atoms with E-state index < -0.39 is 0 Å². The summed E-state index contributed by atoms with van der Waals surface area (Å²) in [6.45, 7) is 6.00. The zero-order chi connectivity index (χ0) is 27.6. The molecule has 4 aromatic rings. The van der Waals surface area contributed by atoms with Gasteiger partial charge in [0.25, 0.3) is 5.89 Å². The molecule has 0 aliphatic carbocycles. The maximum Gasteiger partial charge on any atom is 0.263 e. The molecule has 0 unspecified atom stereocenters. The molecule has 1 aromatic carbocycles. The minimum atomic E-state index is -0.302. The average Bonchev–Trinajstić information content (AvgIpc) is 3.67. The van der Waals surface area contributed by atoms with Gasteiger partial charge in [-0.25, -0.2) is 15.0 Å². The molecule has 0 aliphatic rings. The maximum absolute atomic E-state index is 12.9. The molecule has 10 nitrogen and oxygen atoms in total. The summed E-state index contributed by atoms with van der Waals surface area (Å²) < 4.78 is 10.7. The zero-order valence-electron chi connectivity index (χ0n) is 22.8. The molecule has 0 fully saturated rings. The minimum Gasteiger partial charge on any atom is -0.480 e. The van der Waals surface area contributed by atoms with Gasteiger partial charge in [0.05, 0.1) is 48.9 Å². The third-order valence-electron chi connectivity index (χ3n) is 6.76. The number of H-pyrrole nitrogens is 1. The molecule has 2 N–H and O–H groups in total. The fraction of sp³-hybridized carbons (Fsp3) is 0.414. The molecule has 1 amide bonds. The van der Waals surface area contributed by atoms with Gasteiger partial charge in [0.15, 0.2) is 0 Å². The molecule has 0 spiro atoms. The highest BCUT2D eigenvalue weighted by Gasteiger charge is 2.21. The Morgan fingerprint density at radius 2 is 1.95 bits per heavy atom. The van der Waals surface area contributed by atoms with E-state index in [4.69, 9.17) is 9.15 Å². The quantitative estimate of drug-likeness (QED) is 0.163. The number of carbonyl (C=O) groups excluding carboxylic acids is 2. The number of oxazole rings is 1. The van der Waals surface area contributed by atoms with Crippen LogP contribution in [0.4, 0.5) is 0 Å². The second-order valence-electron chi connectivity index (χ2n) is 9.36. The van der Waals surface area contributed by atoms with Gasteiger partial charge in [-0.05, 0) is 38.1 Å². The smallest absolute Gasteiger partial charge is 0.263 e. The van der Waals surface area contributed by atoms with E-state index in [0.717, 1.165) is 48.1 Å². The van der Waals surface area contributed by atoms with Crippen LogP contribution in [-0.4, -0.2) is 63.3 Å². The standard InChI is InChI=1S/C29H36N6O4/c1-4-35(5-2)19-26(37)32-23(13-7-6-8-14-25(36)29-30-15-16-39-29)27-31-18-24(33-27)21-17-20-11-9-10-12-22(20)34-28(21)38-3/h9-12,15-18,23H,4-8,13-14,19H2,1-3H3,(H,31,33)(H,32,37)/t23-/m0/s1. The highest BCUT2D eigenvalue weighted by molar-refractivity contribution is 5.91. The first kappa shape index (κ1) is 28.0. The Kier molecular flexibility index (Phi) is 9.80. The van der Waals surface area contributed by atoms with E-state index in [-0.39, 0.29) is 23.6 Å². The van der Waals surface area contributed by atoms with Gasteiger partial charge in [0.1, 0.15) is 12.1 Å². The van der Waals surface area contributed by atoms with Crippen molar-refractivity contribution < 1.29 is 18.7 Å². The van der Waals surface area contributed by atoms with Crippen LogP contribution in [0.3, 0.4) is 0 Å². The van der Waals surface area contributed by atoms with E-state index in [9.17, 15) is 9.59 Å². The predicted octanol–water partition coefficient (Wildman–Crippen LogP) is 4.95. The van der Waals surface area contributed by atoms with Gasteiger partial charge in [-0.3, -0.25) is 14.5 Å². The normalized spacial score (nSPS) is 12.1. The zero-order valence-corrected chi connectivity index (χ0v) is 22.8. The van der Waals surface area contributed by atoms with E-state index >= 15 is 0 Å². The average molecular weight is 533 g/mol. The number of amides is 1. The van der Waals surface area contributed by atoms with Gasteiger partial charge in [0, 0.05) is 11.8 Å². The van der Waals surface area contributed by atoms with Crippen molar-refractivity contribution in [1.82, 2.24) is 30.2 Å². The minimum absolute atomic E-state index is 0.0503. The molecule has 1 atom stereocenters. The lowest BCUT2D eigenvalue weighted by molar-refractivity contribution is -0.123. The molecule has 3 heterocycles. The number of pyridine rings is 1. The molecule has 3 aromatic heterocycles. The van der Waals surface area contributed by atoms with Crippen LogP contribution in [0.5, 0.6) is 5.88 Å². The number of Topliss-reactive ketones (excluding diaryl/α,β-unsaturated/α-hetero) is 1. The van der Waals surface area contributed by atoms with Gasteiger partial charge in [0.2, 0.25) is 17.6 Å². The fourth-order valence-electron chi connectivity index (χ4n) is 4.54. The van der Waals surface area contributed by atoms with E-state index in [0.29, 0.717) is 37.5 Å². The molecular weight excluding hydrogens is 496 g/mol. The second-order valence-corrected chi connectivity index (χ2v) is 9.36. The van der Waals surface area contributed by atoms with Crippen LogP contribution in [0.1, 0.15) is 68.5 Å². The number of hydrogen-bond acceptors (Lipinski definition) is 8. The number of rotatable bonds is 15. The van der Waals surface area contributed by atoms with Crippen LogP contribution in [-0.2, 0) is 4.79 Å². The second kappa shape index (κ2) is 13.7. The Morgan fingerprint density at radius 3 is 2.69 bits per heavy atom. The molecule has 0 aliphatic heterocycles. The summed E-state index contributed by atoms with van der Waals surface area (Å²) in [4.78, 5) is 43.7. The lowest BCUT2D eigenvalue weighted by Gasteiger charge is -2.21. The summed E-state index contributed by atoms with van der Waals surface area (Å²) in [6.07, 6.45) is 8.03. The van der Waals surface area contributed by atoms with Gasteiger partial charge >= 0.3 is 0 Å². The predicted molar refractivity (Wildman–Crippen MR) is 148 cm³/mol. The number of aromatic nitrogens is 4. The molecular formula is C29H36N6O4. The van der Waals surface area contributed by atoms with Crippen LogP contribution in [0.25, 0.3) is 22.2 Å². The highest BCUT2D eigenvalue weighted by atomic mass is 16.5. The van der Waals surface area contributed by atoms with Crippen LogP contribution in [0, 0.1) is 0 Å². The Morgan fingerprint density at radius 1 is 1.13 bits per heavy atom. The molecule has 206 valence electrons. The lowest BCUT2D eigenvalue weighted by atomic mass is 10.0. The number of benzene rings is 1. The van der Waals surface area contributed by atoms with Crippen LogP contribution >= 0.6 is 0 Å². The first-order valence-corrected chi connectivity index (χ1v) is 13.5. The number of carbonyl (C=O) groups is 2. The van der Waals surface area contributed by atoms with E-state index in [1.165, 1.54) is 12.5 Å². The number of ether oxygens (including phenoxy) is 1. The van der Waals surface area contributed by atoms with E-state index in [1.54, 1.807) is 13.3 Å². The summed E-state index contributed by atoms with van der Waals surface area (Å²) in [5.74, 6) is 1.17. The number of ketones is 1. The lowest BCUT2D eigenvalue weighted by Crippen LogP contribution is -2.39. The molecule has 10 heteroatoms. The number of nitrogens with one attached hydrogen (secondary N) is 2. The van der Waals surface area contributed by atoms with Gasteiger partial charge in [-0.15, -0.1) is 0 Å². The Labute approximate surface area is 228 Å². The van der Waals surface area contributed by atoms with E-state index in [1.807, 2.05) is 44.2 Å². The van der Waals surface area contributed by atoms with E-state index in [2.05, 4.69) is 30.2 Å². The monoisotopic (exact) mass is 532 g/mol. The topological polar surface area (TPSA) is 126 Å². The number of para-hydroxylation sites is 1. The fourth-order valence-corrected chi connectivity index (χ4v) is 4.54. The van der Waals surface area contributed by atoms with Crippen molar-refractivity contribution in [3.63, 3.8) is 0 Å². The number of likely N-dealkylation sites (N-methyl/N-ethyl adjacent to an activating group) is 1. The number of imidazole rings is 1. The Balaban J connectivity index is 1.47. The summed E-state index contributed by atoms with van der Waals surface area (Å²) in [5, 5.41) is 4.16. The van der Waals surface area contributed by atoms with Crippen molar-refractivity contribution in [2.24, 2.45) is 0 Å². The van der Waals surface area contributed by atoms with Crippen LogP contribution < -0.4 is 10.1 Å². The Bertz CT molecular complexity index is 1360. The van der Waals surface area contributed by atoms with Gasteiger partial charge in [-0.1, -0.05) is 44.9 Å². The van der Waals surface area contributed by atoms with Gasteiger partial charge in [-0.2, -0.15) is 0 Å². The third-order valence-corrected chi connectivity index (χ3v) is 6.76. The first-order chi connectivity index (χ1) is 19.0. The largest absolute Gasteiger partial charge is 0.480 e. The highest BCUT2D eigenvalue weighted by Crippen LogP contribution is 2.31. The SMILES string of the molecule is CCN(CC)CC(=O)N[C@@H](CCCCCC(=O)c1ncco1)c1ncc(-c2cc3ccccc3nc2OC)[nH]1. The molecule has 0 radical (unpaired) electrons. The van der Waals surface area contributed by atoms with Crippen molar-refractivity contribution in [2.75, 3.05) is 26.7 Å². The molecule has 0 saturated carbocycles. The third kappa shape index (κ3) is 7.29. The van der Waals surface area contributed by atoms with Crippen LogP contribution in [0.2, 0.25) is 0 Å². The maximum atomic E-state index is 12.9. The summed E-state index contributed by atoms with van der Waals surface area (Å²) in [6, 6.07) is 9.59. The summed E-state index contributed by atoms with van der Waals surface area (Å²) in [7, 11) is 1.60. The number of methoxy groups -OCH3 is 1. The molecule has 4 rings (SSSR count). The van der Waals surface area contributed by atoms with Gasteiger partial charge < -0.3 is 19.5 Å². The summed E-state index contributed by atoms with van der Waals surface area (Å²) in [5.41, 5.74) is 2.41. The first-order valence-electron chi connectivity index (χ1n) is 13.5. The number of nitrogens with zero attached hydrogens (tertiary/aromatic N) is 4.